The van der Waals surface area contributed by atoms with Crippen molar-refractivity contribution in [1.29, 1.82) is 0 Å². The van der Waals surface area contributed by atoms with E-state index in [0.717, 1.165) is 22.6 Å². The van der Waals surface area contributed by atoms with E-state index in [0.29, 0.717) is 72.7 Å². The first-order chi connectivity index (χ1) is 22.0. The van der Waals surface area contributed by atoms with Gasteiger partial charge in [-0.15, -0.1) is 0 Å². The van der Waals surface area contributed by atoms with Crippen LogP contribution in [0.3, 0.4) is 0 Å². The second-order valence-electron chi connectivity index (χ2n) is 12.2. The average Bonchev–Trinajstić information content (AvgIpc) is 3.32. The Labute approximate surface area is 269 Å². The minimum atomic E-state index is -4.62. The fourth-order valence-electron chi connectivity index (χ4n) is 6.95. The summed E-state index contributed by atoms with van der Waals surface area (Å²) in [5, 5.41) is 8.31. The van der Waals surface area contributed by atoms with Crippen molar-refractivity contribution in [3.8, 4) is 0 Å². The van der Waals surface area contributed by atoms with Gasteiger partial charge in [-0.1, -0.05) is 29.8 Å². The number of alkyl halides is 3. The number of carbonyl (C=O) groups is 3. The molecular weight excluding hydrogens is 625 g/mol. The summed E-state index contributed by atoms with van der Waals surface area (Å²) < 4.78 is 47.9. The van der Waals surface area contributed by atoms with Crippen LogP contribution < -0.4 is 5.32 Å². The predicted octanol–water partition coefficient (Wildman–Crippen LogP) is 4.87. The van der Waals surface area contributed by atoms with Crippen molar-refractivity contribution in [1.82, 2.24) is 24.5 Å². The van der Waals surface area contributed by atoms with Crippen molar-refractivity contribution in [2.45, 2.75) is 57.4 Å². The van der Waals surface area contributed by atoms with Gasteiger partial charge in [-0.05, 0) is 54.5 Å². The highest BCUT2D eigenvalue weighted by atomic mass is 35.5. The fourth-order valence-corrected chi connectivity index (χ4v) is 7.28. The van der Waals surface area contributed by atoms with Gasteiger partial charge in [0.05, 0.1) is 35.8 Å². The van der Waals surface area contributed by atoms with Crippen LogP contribution in [-0.4, -0.2) is 94.4 Å². The smallest absolute Gasteiger partial charge is 0.383 e. The van der Waals surface area contributed by atoms with Crippen molar-refractivity contribution in [3.05, 3.63) is 58.2 Å². The van der Waals surface area contributed by atoms with Crippen LogP contribution in [-0.2, 0) is 40.3 Å². The third kappa shape index (κ3) is 6.66. The molecule has 0 saturated carbocycles. The average molecular weight is 661 g/mol. The molecule has 4 amide bonds. The van der Waals surface area contributed by atoms with Gasteiger partial charge in [0.2, 0.25) is 11.8 Å². The Hall–Kier alpha value is -3.84. The zero-order valence-electron chi connectivity index (χ0n) is 25.5. The summed E-state index contributed by atoms with van der Waals surface area (Å²) in [6, 6.07) is 9.16. The van der Waals surface area contributed by atoms with Gasteiger partial charge in [-0.2, -0.15) is 18.3 Å². The number of carbonyl (C=O) groups excluding carboxylic acids is 3. The number of halogens is 4. The van der Waals surface area contributed by atoms with Gasteiger partial charge in [-0.3, -0.25) is 14.3 Å². The predicted molar refractivity (Wildman–Crippen MR) is 165 cm³/mol. The second kappa shape index (κ2) is 13.1. The Kier molecular flexibility index (Phi) is 9.15. The van der Waals surface area contributed by atoms with E-state index in [1.165, 1.54) is 0 Å². The Morgan fingerprint density at radius 2 is 1.89 bits per heavy atom. The molecule has 1 aromatic heterocycles. The number of anilines is 1. The van der Waals surface area contributed by atoms with Crippen LogP contribution in [0.1, 0.15) is 36.0 Å². The maximum Gasteiger partial charge on any atom is 0.406 e. The van der Waals surface area contributed by atoms with Crippen molar-refractivity contribution < 1.29 is 32.3 Å². The van der Waals surface area contributed by atoms with E-state index in [1.54, 1.807) is 29.0 Å². The molecule has 6 rings (SSSR count). The van der Waals surface area contributed by atoms with Gasteiger partial charge in [0.15, 0.2) is 0 Å². The number of hydrogen-bond donors (Lipinski definition) is 1. The summed E-state index contributed by atoms with van der Waals surface area (Å²) in [4.78, 5) is 44.5. The van der Waals surface area contributed by atoms with E-state index < -0.39 is 24.5 Å². The maximum atomic E-state index is 13.7. The lowest BCUT2D eigenvalue weighted by Gasteiger charge is -2.38. The number of methoxy groups -OCH3 is 1. The summed E-state index contributed by atoms with van der Waals surface area (Å²) in [5.74, 6) is -1.99. The molecule has 4 heterocycles. The standard InChI is InChI=1S/C32H36ClF3N6O4/c1-46-13-12-42-29-24(17-37-42)25-18-40(19-32(34,35)36)30(44)22(14-21(25)15-26(29)33)16-28(43)39-9-7-23(8-10-39)41-11-6-20-4-2-3-5-27(20)38-31(41)45/h2-5,15,17,22-23H,6-14,16,18-19H2,1H3,(H,38,45)/t22-/m0/s1. The van der Waals surface area contributed by atoms with Crippen LogP contribution >= 0.6 is 11.6 Å². The van der Waals surface area contributed by atoms with E-state index in [2.05, 4.69) is 10.4 Å². The zero-order chi connectivity index (χ0) is 32.6. The topological polar surface area (TPSA) is 100 Å². The number of aromatic nitrogens is 2. The quantitative estimate of drug-likeness (QED) is 0.390. The summed E-state index contributed by atoms with van der Waals surface area (Å²) in [7, 11) is 1.55. The molecule has 2 aromatic carbocycles. The molecule has 1 saturated heterocycles. The third-order valence-corrected chi connectivity index (χ3v) is 9.54. The summed E-state index contributed by atoms with van der Waals surface area (Å²) in [5.41, 5.74) is 3.62. The molecule has 1 atom stereocenters. The Balaban J connectivity index is 1.17. The number of rotatable bonds is 7. The number of piperidine rings is 1. The Bertz CT molecular complexity index is 1640. The van der Waals surface area contributed by atoms with Crippen LogP contribution in [0.2, 0.25) is 5.02 Å². The minimum absolute atomic E-state index is 0.0543. The highest BCUT2D eigenvalue weighted by Gasteiger charge is 2.40. The SMILES string of the molecule is COCCn1ncc2c3c(cc(Cl)c21)C[C@@H](CC(=O)N1CCC(N2CCc4ccccc4NC2=O)CC1)C(=O)N(CC(F)(F)F)C3. The molecule has 3 aliphatic heterocycles. The first-order valence-corrected chi connectivity index (χ1v) is 15.8. The van der Waals surface area contributed by atoms with Gasteiger partial charge < -0.3 is 24.8 Å². The third-order valence-electron chi connectivity index (χ3n) is 9.25. The first kappa shape index (κ1) is 32.1. The van der Waals surface area contributed by atoms with Crippen molar-refractivity contribution >= 4 is 46.0 Å². The van der Waals surface area contributed by atoms with Crippen LogP contribution in [0.5, 0.6) is 0 Å². The molecule has 10 nitrogen and oxygen atoms in total. The number of nitrogens with zero attached hydrogens (tertiary/aromatic N) is 5. The van der Waals surface area contributed by atoms with Crippen LogP contribution in [0.15, 0.2) is 36.5 Å². The van der Waals surface area contributed by atoms with Crippen molar-refractivity contribution in [2.75, 3.05) is 45.2 Å². The largest absolute Gasteiger partial charge is 0.406 e. The van der Waals surface area contributed by atoms with Gasteiger partial charge >= 0.3 is 12.2 Å². The van der Waals surface area contributed by atoms with Crippen LogP contribution in [0.4, 0.5) is 23.7 Å². The van der Waals surface area contributed by atoms with Gasteiger partial charge in [0.1, 0.15) is 6.54 Å². The Morgan fingerprint density at radius 3 is 2.63 bits per heavy atom. The second-order valence-corrected chi connectivity index (χ2v) is 12.6. The molecule has 0 unspecified atom stereocenters. The molecule has 0 spiro atoms. The molecule has 0 bridgehead atoms. The summed E-state index contributed by atoms with van der Waals surface area (Å²) >= 11 is 6.66. The normalized spacial score (nSPS) is 19.5. The minimum Gasteiger partial charge on any atom is -0.383 e. The molecule has 1 N–H and O–H groups in total. The van der Waals surface area contributed by atoms with Crippen molar-refractivity contribution in [3.63, 3.8) is 0 Å². The monoisotopic (exact) mass is 660 g/mol. The lowest BCUT2D eigenvalue weighted by atomic mass is 9.92. The van der Waals surface area contributed by atoms with Crippen molar-refractivity contribution in [2.24, 2.45) is 5.92 Å². The maximum absolute atomic E-state index is 13.7. The number of ether oxygens (including phenoxy) is 1. The number of amides is 4. The lowest BCUT2D eigenvalue weighted by Crippen LogP contribution is -2.50. The lowest BCUT2D eigenvalue weighted by molar-refractivity contribution is -0.165. The first-order valence-electron chi connectivity index (χ1n) is 15.5. The Morgan fingerprint density at radius 1 is 1.13 bits per heavy atom. The van der Waals surface area contributed by atoms with E-state index >= 15 is 0 Å². The molecule has 0 aliphatic carbocycles. The molecule has 0 radical (unpaired) electrons. The molecule has 46 heavy (non-hydrogen) atoms. The van der Waals surface area contributed by atoms with E-state index in [9.17, 15) is 27.6 Å². The number of urea groups is 1. The number of likely N-dealkylation sites (tertiary alicyclic amines) is 1. The number of nitrogens with one attached hydrogen (secondary N) is 1. The molecule has 3 aliphatic rings. The van der Waals surface area contributed by atoms with Gasteiger partial charge in [0, 0.05) is 56.8 Å². The molecule has 3 aromatic rings. The number of hydrogen-bond acceptors (Lipinski definition) is 5. The van der Waals surface area contributed by atoms with E-state index in [-0.39, 0.29) is 37.4 Å². The highest BCUT2D eigenvalue weighted by molar-refractivity contribution is 6.35. The fraction of sp³-hybridized carbons (Fsp3) is 0.500. The molecule has 1 fully saturated rings. The van der Waals surface area contributed by atoms with Crippen LogP contribution in [0.25, 0.3) is 10.9 Å². The number of benzene rings is 2. The molecule has 246 valence electrons. The number of para-hydroxylation sites is 1. The highest BCUT2D eigenvalue weighted by Crippen LogP contribution is 2.36. The zero-order valence-corrected chi connectivity index (χ0v) is 26.2. The number of fused-ring (bicyclic) bond motifs is 4. The van der Waals surface area contributed by atoms with Crippen LogP contribution in [0, 0.1) is 5.92 Å². The molecule has 14 heteroatoms. The van der Waals surface area contributed by atoms with E-state index in [1.807, 2.05) is 29.2 Å². The van der Waals surface area contributed by atoms with Gasteiger partial charge in [0.25, 0.3) is 0 Å². The van der Waals surface area contributed by atoms with E-state index in [4.69, 9.17) is 16.3 Å². The summed E-state index contributed by atoms with van der Waals surface area (Å²) in [6.45, 7) is 0.402. The summed E-state index contributed by atoms with van der Waals surface area (Å²) in [6.07, 6.45) is -1.35. The molecular formula is C32H36ClF3N6O4. The van der Waals surface area contributed by atoms with Gasteiger partial charge in [-0.25, -0.2) is 4.79 Å².